The van der Waals surface area contributed by atoms with E-state index in [2.05, 4.69) is 14.7 Å². The molecule has 114 valence electrons. The normalized spacial score (nSPS) is 43.6. The molecule has 0 aliphatic carbocycles. The lowest BCUT2D eigenvalue weighted by Crippen LogP contribution is -2.65. The van der Waals surface area contributed by atoms with Gasteiger partial charge >= 0.3 is 0 Å². The molecule has 3 unspecified atom stereocenters. The number of fused-ring (bicyclic) bond motifs is 2. The van der Waals surface area contributed by atoms with Crippen molar-refractivity contribution < 1.29 is 0 Å². The highest BCUT2D eigenvalue weighted by molar-refractivity contribution is 5.04. The number of nitrogens with zero attached hydrogens (tertiary/aromatic N) is 3. The molecule has 20 heavy (non-hydrogen) atoms. The van der Waals surface area contributed by atoms with Crippen molar-refractivity contribution in [3.8, 4) is 0 Å². The average molecular weight is 278 g/mol. The minimum Gasteiger partial charge on any atom is -0.329 e. The summed E-state index contributed by atoms with van der Waals surface area (Å²) in [5.41, 5.74) is 6.63. The van der Waals surface area contributed by atoms with Crippen LogP contribution in [0.1, 0.15) is 38.5 Å². The zero-order chi connectivity index (χ0) is 13.6. The molecule has 0 aromatic heterocycles. The molecule has 0 amide bonds. The van der Waals surface area contributed by atoms with Crippen LogP contribution in [0.4, 0.5) is 0 Å². The molecule has 2 N–H and O–H groups in total. The molecule has 0 aromatic carbocycles. The number of hydrogen-bond donors (Lipinski definition) is 1. The van der Waals surface area contributed by atoms with Gasteiger partial charge in [-0.1, -0.05) is 0 Å². The van der Waals surface area contributed by atoms with Gasteiger partial charge < -0.3 is 10.6 Å². The number of piperazine rings is 1. The monoisotopic (exact) mass is 278 g/mol. The van der Waals surface area contributed by atoms with Gasteiger partial charge in [0.2, 0.25) is 0 Å². The second-order valence-corrected chi connectivity index (χ2v) is 7.49. The summed E-state index contributed by atoms with van der Waals surface area (Å²) in [6.45, 7) is 8.63. The Bertz CT molecular complexity index is 360. The molecule has 3 atom stereocenters. The van der Waals surface area contributed by atoms with Crippen LogP contribution in [-0.2, 0) is 0 Å². The van der Waals surface area contributed by atoms with E-state index in [0.29, 0.717) is 5.54 Å². The van der Waals surface area contributed by atoms with Crippen molar-refractivity contribution in [3.05, 3.63) is 0 Å². The van der Waals surface area contributed by atoms with Crippen LogP contribution in [0, 0.1) is 0 Å². The predicted octanol–water partition coefficient (Wildman–Crippen LogP) is 0.722. The molecule has 4 aliphatic rings. The SMILES string of the molecule is NCC1(N2CCN3CCCC3C2)CCN2CCCC2C1. The molecule has 0 aromatic rings. The van der Waals surface area contributed by atoms with E-state index in [0.717, 1.165) is 18.6 Å². The van der Waals surface area contributed by atoms with E-state index in [1.165, 1.54) is 77.8 Å². The second kappa shape index (κ2) is 5.24. The van der Waals surface area contributed by atoms with Crippen molar-refractivity contribution >= 4 is 0 Å². The summed E-state index contributed by atoms with van der Waals surface area (Å²) >= 11 is 0. The van der Waals surface area contributed by atoms with Gasteiger partial charge in [0.25, 0.3) is 0 Å². The van der Waals surface area contributed by atoms with Crippen molar-refractivity contribution in [1.29, 1.82) is 0 Å². The maximum atomic E-state index is 6.32. The molecule has 4 heterocycles. The molecular formula is C16H30N4. The van der Waals surface area contributed by atoms with E-state index in [1.54, 1.807) is 0 Å². The Morgan fingerprint density at radius 2 is 1.65 bits per heavy atom. The second-order valence-electron chi connectivity index (χ2n) is 7.49. The Morgan fingerprint density at radius 3 is 2.45 bits per heavy atom. The van der Waals surface area contributed by atoms with E-state index in [1.807, 2.05) is 0 Å². The van der Waals surface area contributed by atoms with Crippen molar-refractivity contribution in [2.45, 2.75) is 56.1 Å². The van der Waals surface area contributed by atoms with E-state index < -0.39 is 0 Å². The summed E-state index contributed by atoms with van der Waals surface area (Å²) in [4.78, 5) is 8.24. The fraction of sp³-hybridized carbons (Fsp3) is 1.00. The minimum absolute atomic E-state index is 0.320. The Labute approximate surface area is 123 Å². The fourth-order valence-electron chi connectivity index (χ4n) is 5.34. The molecule has 0 spiro atoms. The van der Waals surface area contributed by atoms with Crippen molar-refractivity contribution in [2.75, 3.05) is 45.8 Å². The third-order valence-electron chi connectivity index (χ3n) is 6.62. The van der Waals surface area contributed by atoms with Gasteiger partial charge in [0.1, 0.15) is 0 Å². The number of hydrogen-bond acceptors (Lipinski definition) is 4. The van der Waals surface area contributed by atoms with Crippen molar-refractivity contribution in [2.24, 2.45) is 5.73 Å². The largest absolute Gasteiger partial charge is 0.329 e. The maximum Gasteiger partial charge on any atom is 0.0359 e. The zero-order valence-corrected chi connectivity index (χ0v) is 12.8. The van der Waals surface area contributed by atoms with Gasteiger partial charge in [0.05, 0.1) is 0 Å². The highest BCUT2D eigenvalue weighted by Gasteiger charge is 2.46. The summed E-state index contributed by atoms with van der Waals surface area (Å²) in [6.07, 6.45) is 8.26. The first-order valence-corrected chi connectivity index (χ1v) is 8.74. The molecule has 4 aliphatic heterocycles. The minimum atomic E-state index is 0.320. The number of rotatable bonds is 2. The smallest absolute Gasteiger partial charge is 0.0359 e. The third kappa shape index (κ3) is 2.12. The first-order chi connectivity index (χ1) is 9.81. The maximum absolute atomic E-state index is 6.32. The molecule has 4 nitrogen and oxygen atoms in total. The zero-order valence-electron chi connectivity index (χ0n) is 12.8. The third-order valence-corrected chi connectivity index (χ3v) is 6.62. The summed E-state index contributed by atoms with van der Waals surface area (Å²) in [6, 6.07) is 1.66. The summed E-state index contributed by atoms with van der Waals surface area (Å²) in [5, 5.41) is 0. The molecule has 4 rings (SSSR count). The van der Waals surface area contributed by atoms with Crippen LogP contribution < -0.4 is 5.73 Å². The van der Waals surface area contributed by atoms with Crippen molar-refractivity contribution in [3.63, 3.8) is 0 Å². The van der Waals surface area contributed by atoms with E-state index in [4.69, 9.17) is 5.73 Å². The van der Waals surface area contributed by atoms with Crippen LogP contribution in [-0.4, -0.2) is 78.1 Å². The van der Waals surface area contributed by atoms with Gasteiger partial charge in [-0.2, -0.15) is 0 Å². The van der Waals surface area contributed by atoms with Gasteiger partial charge in [0.15, 0.2) is 0 Å². The Kier molecular flexibility index (Phi) is 3.53. The van der Waals surface area contributed by atoms with Crippen LogP contribution >= 0.6 is 0 Å². The predicted molar refractivity (Wildman–Crippen MR) is 81.8 cm³/mol. The molecular weight excluding hydrogens is 248 g/mol. The lowest BCUT2D eigenvalue weighted by atomic mass is 9.81. The highest BCUT2D eigenvalue weighted by Crippen LogP contribution is 2.38. The van der Waals surface area contributed by atoms with Gasteiger partial charge in [-0.3, -0.25) is 9.80 Å². The Balaban J connectivity index is 1.49. The van der Waals surface area contributed by atoms with Gasteiger partial charge in [-0.25, -0.2) is 0 Å². The van der Waals surface area contributed by atoms with E-state index in [-0.39, 0.29) is 0 Å². The molecule has 4 heteroatoms. The van der Waals surface area contributed by atoms with E-state index >= 15 is 0 Å². The van der Waals surface area contributed by atoms with Gasteiger partial charge in [0, 0.05) is 50.3 Å². The topological polar surface area (TPSA) is 35.7 Å². The summed E-state index contributed by atoms with van der Waals surface area (Å²) in [5.74, 6) is 0. The molecule has 0 bridgehead atoms. The molecule has 0 radical (unpaired) electrons. The molecule has 4 saturated heterocycles. The van der Waals surface area contributed by atoms with Gasteiger partial charge in [-0.15, -0.1) is 0 Å². The number of piperidine rings is 1. The molecule has 4 fully saturated rings. The first kappa shape index (κ1) is 13.5. The molecule has 0 saturated carbocycles. The van der Waals surface area contributed by atoms with Crippen molar-refractivity contribution in [1.82, 2.24) is 14.7 Å². The van der Waals surface area contributed by atoms with Gasteiger partial charge in [-0.05, 0) is 51.6 Å². The summed E-state index contributed by atoms with van der Waals surface area (Å²) < 4.78 is 0. The Hall–Kier alpha value is -0.160. The fourth-order valence-corrected chi connectivity index (χ4v) is 5.34. The lowest BCUT2D eigenvalue weighted by Gasteiger charge is -2.53. The van der Waals surface area contributed by atoms with Crippen LogP contribution in [0.5, 0.6) is 0 Å². The average Bonchev–Trinajstić information content (AvgIpc) is 3.14. The first-order valence-electron chi connectivity index (χ1n) is 8.74. The van der Waals surface area contributed by atoms with Crippen LogP contribution in [0.15, 0.2) is 0 Å². The highest BCUT2D eigenvalue weighted by atomic mass is 15.3. The quantitative estimate of drug-likeness (QED) is 0.807. The summed E-state index contributed by atoms with van der Waals surface area (Å²) in [7, 11) is 0. The Morgan fingerprint density at radius 1 is 0.900 bits per heavy atom. The van der Waals surface area contributed by atoms with Crippen LogP contribution in [0.25, 0.3) is 0 Å². The lowest BCUT2D eigenvalue weighted by molar-refractivity contribution is -0.0285. The van der Waals surface area contributed by atoms with Crippen LogP contribution in [0.3, 0.4) is 0 Å². The van der Waals surface area contributed by atoms with E-state index in [9.17, 15) is 0 Å². The number of nitrogens with two attached hydrogens (primary N) is 1. The van der Waals surface area contributed by atoms with Crippen LogP contribution in [0.2, 0.25) is 0 Å². The standard InChI is InChI=1S/C16H30N4/c17-13-16(5-8-18-6-1-3-14(18)11-16)20-10-9-19-7-2-4-15(19)12-20/h14-15H,1-13,17H2.